The van der Waals surface area contributed by atoms with Crippen LogP contribution in [0.25, 0.3) is 0 Å². The monoisotopic (exact) mass is 316 g/mol. The fourth-order valence-corrected chi connectivity index (χ4v) is 3.79. The number of alkyl halides is 3. The molecule has 3 nitrogen and oxygen atoms in total. The van der Waals surface area contributed by atoms with Crippen LogP contribution in [-0.4, -0.2) is 37.3 Å². The van der Waals surface area contributed by atoms with Gasteiger partial charge in [0, 0.05) is 5.75 Å². The first-order valence-corrected chi connectivity index (χ1v) is 8.94. The van der Waals surface area contributed by atoms with Crippen LogP contribution in [0.1, 0.15) is 45.4 Å². The second kappa shape index (κ2) is 7.11. The average molecular weight is 316 g/mol. The Morgan fingerprint density at radius 3 is 2.40 bits per heavy atom. The molecule has 1 rings (SSSR count). The molecule has 0 bridgehead atoms. The number of halogens is 3. The first-order chi connectivity index (χ1) is 9.17. The highest BCUT2D eigenvalue weighted by Gasteiger charge is 2.47. The number of hydrogen-bond acceptors (Lipinski definition) is 3. The van der Waals surface area contributed by atoms with Crippen LogP contribution in [0.5, 0.6) is 0 Å². The third-order valence-corrected chi connectivity index (χ3v) is 5.92. The lowest BCUT2D eigenvalue weighted by atomic mass is 9.75. The van der Waals surface area contributed by atoms with Crippen molar-refractivity contribution in [1.82, 2.24) is 0 Å². The maximum atomic E-state index is 12.9. The topological polar surface area (TPSA) is 54.4 Å². The molecule has 0 aromatic carbocycles. The van der Waals surface area contributed by atoms with Crippen molar-refractivity contribution in [1.29, 1.82) is 0 Å². The molecule has 3 unspecified atom stereocenters. The summed E-state index contributed by atoms with van der Waals surface area (Å²) in [6.45, 7) is 1.53. The molecule has 1 aliphatic carbocycles. The Balaban J connectivity index is 2.54. The fourth-order valence-electron chi connectivity index (χ4n) is 2.90. The summed E-state index contributed by atoms with van der Waals surface area (Å²) in [5, 5.41) is 9.98. The fraction of sp³-hybridized carbons (Fsp3) is 1.00. The van der Waals surface area contributed by atoms with Crippen molar-refractivity contribution in [3.63, 3.8) is 0 Å². The summed E-state index contributed by atoms with van der Waals surface area (Å²) < 4.78 is 61.4. The zero-order valence-electron chi connectivity index (χ0n) is 11.7. The van der Waals surface area contributed by atoms with Gasteiger partial charge in [0.05, 0.1) is 17.8 Å². The minimum absolute atomic E-state index is 0.0255. The number of hydrogen-bond donors (Lipinski definition) is 1. The van der Waals surface area contributed by atoms with Crippen molar-refractivity contribution < 1.29 is 26.7 Å². The lowest BCUT2D eigenvalue weighted by Gasteiger charge is -2.36. The van der Waals surface area contributed by atoms with Crippen molar-refractivity contribution in [3.05, 3.63) is 0 Å². The van der Waals surface area contributed by atoms with Crippen LogP contribution < -0.4 is 0 Å². The van der Waals surface area contributed by atoms with Crippen LogP contribution in [-0.2, 0) is 9.84 Å². The lowest BCUT2D eigenvalue weighted by Crippen LogP contribution is -2.39. The highest BCUT2D eigenvalue weighted by molar-refractivity contribution is 7.91. The predicted molar refractivity (Wildman–Crippen MR) is 71.1 cm³/mol. The van der Waals surface area contributed by atoms with E-state index in [0.29, 0.717) is 19.3 Å². The van der Waals surface area contributed by atoms with Crippen molar-refractivity contribution in [2.75, 3.05) is 11.5 Å². The first-order valence-electron chi connectivity index (χ1n) is 7.12. The summed E-state index contributed by atoms with van der Waals surface area (Å²) >= 11 is 0. The molecule has 0 aromatic rings. The van der Waals surface area contributed by atoms with Crippen LogP contribution in [0, 0.1) is 11.8 Å². The summed E-state index contributed by atoms with van der Waals surface area (Å²) in [6.07, 6.45) is -3.33. The zero-order valence-corrected chi connectivity index (χ0v) is 12.5. The van der Waals surface area contributed by atoms with Crippen molar-refractivity contribution >= 4 is 9.84 Å². The molecule has 1 aliphatic rings. The van der Waals surface area contributed by atoms with Gasteiger partial charge in [-0.05, 0) is 31.6 Å². The van der Waals surface area contributed by atoms with Crippen LogP contribution in [0.15, 0.2) is 0 Å². The second-order valence-corrected chi connectivity index (χ2v) is 8.02. The van der Waals surface area contributed by atoms with E-state index in [1.165, 1.54) is 6.92 Å². The van der Waals surface area contributed by atoms with Crippen LogP contribution in [0.2, 0.25) is 0 Å². The molecule has 0 saturated heterocycles. The highest BCUT2D eigenvalue weighted by Crippen LogP contribution is 2.43. The van der Waals surface area contributed by atoms with Gasteiger partial charge in [0.1, 0.15) is 9.84 Å². The minimum Gasteiger partial charge on any atom is -0.393 e. The summed E-state index contributed by atoms with van der Waals surface area (Å²) in [5.74, 6) is -2.27. The standard InChI is InChI=1S/C13H23F3O3S/c1-2-20(18,19)9-5-8-12(17)10-6-3-4-7-11(10)13(14,15)16/h10-12,17H,2-9H2,1H3. The molecule has 0 radical (unpaired) electrons. The van der Waals surface area contributed by atoms with E-state index in [4.69, 9.17) is 0 Å². The van der Waals surface area contributed by atoms with Crippen LogP contribution >= 0.6 is 0 Å². The van der Waals surface area contributed by atoms with Gasteiger partial charge in [-0.2, -0.15) is 13.2 Å². The molecule has 0 aliphatic heterocycles. The predicted octanol–water partition coefficient (Wildman–Crippen LogP) is 2.93. The van der Waals surface area contributed by atoms with Gasteiger partial charge < -0.3 is 5.11 Å². The molecule has 1 saturated carbocycles. The van der Waals surface area contributed by atoms with Gasteiger partial charge in [0.15, 0.2) is 0 Å². The van der Waals surface area contributed by atoms with Gasteiger partial charge in [-0.15, -0.1) is 0 Å². The Morgan fingerprint density at radius 2 is 1.85 bits per heavy atom. The number of aliphatic hydroxyl groups excluding tert-OH is 1. The van der Waals surface area contributed by atoms with Gasteiger partial charge >= 0.3 is 6.18 Å². The molecule has 1 fully saturated rings. The van der Waals surface area contributed by atoms with E-state index in [-0.39, 0.29) is 30.8 Å². The summed E-state index contributed by atoms with van der Waals surface area (Å²) in [6, 6.07) is 0. The van der Waals surface area contributed by atoms with Crippen molar-refractivity contribution in [2.24, 2.45) is 11.8 Å². The molecule has 0 heterocycles. The third kappa shape index (κ3) is 5.24. The molecule has 7 heteroatoms. The average Bonchev–Trinajstić information content (AvgIpc) is 2.37. The lowest BCUT2D eigenvalue weighted by molar-refractivity contribution is -0.207. The molecule has 0 spiro atoms. The maximum absolute atomic E-state index is 12.9. The molecule has 0 amide bonds. The van der Waals surface area contributed by atoms with Gasteiger partial charge in [-0.1, -0.05) is 19.8 Å². The third-order valence-electron chi connectivity index (χ3n) is 4.13. The van der Waals surface area contributed by atoms with Gasteiger partial charge in [-0.25, -0.2) is 8.42 Å². The van der Waals surface area contributed by atoms with E-state index in [2.05, 4.69) is 0 Å². The second-order valence-electron chi connectivity index (χ2n) is 5.54. The largest absolute Gasteiger partial charge is 0.393 e. The van der Waals surface area contributed by atoms with E-state index in [1.807, 2.05) is 0 Å². The molecule has 0 aromatic heterocycles. The Morgan fingerprint density at radius 1 is 1.25 bits per heavy atom. The summed E-state index contributed by atoms with van der Waals surface area (Å²) in [5.41, 5.74) is 0. The Hall–Kier alpha value is -0.300. The smallest absolute Gasteiger partial charge is 0.392 e. The van der Waals surface area contributed by atoms with Gasteiger partial charge in [0.25, 0.3) is 0 Å². The Labute approximate surface area is 118 Å². The van der Waals surface area contributed by atoms with Crippen molar-refractivity contribution in [3.8, 4) is 0 Å². The van der Waals surface area contributed by atoms with Crippen LogP contribution in [0.4, 0.5) is 13.2 Å². The highest BCUT2D eigenvalue weighted by atomic mass is 32.2. The van der Waals surface area contributed by atoms with Gasteiger partial charge in [0.2, 0.25) is 0 Å². The molecule has 1 N–H and O–H groups in total. The van der Waals surface area contributed by atoms with Crippen molar-refractivity contribution in [2.45, 2.75) is 57.7 Å². The Bertz CT molecular complexity index is 392. The zero-order chi connectivity index (χ0) is 15.4. The normalized spacial score (nSPS) is 26.4. The first kappa shape index (κ1) is 17.8. The molecule has 3 atom stereocenters. The van der Waals surface area contributed by atoms with E-state index in [1.54, 1.807) is 0 Å². The molecule has 120 valence electrons. The van der Waals surface area contributed by atoms with E-state index < -0.39 is 34.0 Å². The number of sulfone groups is 1. The summed E-state index contributed by atoms with van der Waals surface area (Å²) in [4.78, 5) is 0. The Kier molecular flexibility index (Phi) is 6.31. The number of aliphatic hydroxyl groups is 1. The molecule has 20 heavy (non-hydrogen) atoms. The number of rotatable bonds is 6. The van der Waals surface area contributed by atoms with Crippen LogP contribution in [0.3, 0.4) is 0 Å². The van der Waals surface area contributed by atoms with E-state index in [9.17, 15) is 26.7 Å². The maximum Gasteiger partial charge on any atom is 0.392 e. The SMILES string of the molecule is CCS(=O)(=O)CCCC(O)C1CCCCC1C(F)(F)F. The van der Waals surface area contributed by atoms with E-state index in [0.717, 1.165) is 0 Å². The van der Waals surface area contributed by atoms with E-state index >= 15 is 0 Å². The summed E-state index contributed by atoms with van der Waals surface area (Å²) in [7, 11) is -3.12. The molecular formula is C13H23F3O3S. The van der Waals surface area contributed by atoms with Gasteiger partial charge in [-0.3, -0.25) is 0 Å². The molecular weight excluding hydrogens is 293 g/mol. The quantitative estimate of drug-likeness (QED) is 0.820. The minimum atomic E-state index is -4.28.